The highest BCUT2D eigenvalue weighted by Gasteiger charge is 2.42. The Kier molecular flexibility index (Phi) is 9.43. The molecule has 0 spiro atoms. The number of carbonyl (C=O) groups is 1. The minimum Gasteiger partial charge on any atom is -0.491 e. The maximum Gasteiger partial charge on any atom is 0.306 e. The van der Waals surface area contributed by atoms with Gasteiger partial charge in [-0.15, -0.1) is 0 Å². The fourth-order valence-electron chi connectivity index (χ4n) is 4.69. The van der Waals surface area contributed by atoms with Crippen LogP contribution in [-0.4, -0.2) is 24.8 Å². The van der Waals surface area contributed by atoms with Crippen LogP contribution in [0.2, 0.25) is 0 Å². The van der Waals surface area contributed by atoms with Crippen molar-refractivity contribution in [2.45, 2.75) is 64.1 Å². The molecule has 0 radical (unpaired) electrons. The van der Waals surface area contributed by atoms with Gasteiger partial charge in [0.2, 0.25) is 0 Å². The predicted octanol–water partition coefficient (Wildman–Crippen LogP) is 5.93. The summed E-state index contributed by atoms with van der Waals surface area (Å²) in [7, 11) is 3.04. The molecule has 1 aliphatic carbocycles. The van der Waals surface area contributed by atoms with E-state index in [-0.39, 0.29) is 18.2 Å². The number of para-hydroxylation sites is 1. The molecule has 1 aromatic carbocycles. The van der Waals surface area contributed by atoms with Crippen molar-refractivity contribution in [2.24, 2.45) is 17.8 Å². The van der Waals surface area contributed by atoms with Crippen LogP contribution in [0.25, 0.3) is 0 Å². The van der Waals surface area contributed by atoms with E-state index < -0.39 is 0 Å². The van der Waals surface area contributed by atoms with Crippen LogP contribution in [0.3, 0.4) is 0 Å². The predicted molar refractivity (Wildman–Crippen MR) is 122 cm³/mol. The molecule has 0 saturated heterocycles. The number of ether oxygens (including phenoxy) is 2. The van der Waals surface area contributed by atoms with Crippen molar-refractivity contribution >= 4 is 23.4 Å². The zero-order valence-electron chi connectivity index (χ0n) is 17.3. The number of esters is 1. The lowest BCUT2D eigenvalue weighted by atomic mass is 9.83. The van der Waals surface area contributed by atoms with Crippen molar-refractivity contribution in [3.05, 3.63) is 42.5 Å². The Labute approximate surface area is 179 Å². The van der Waals surface area contributed by atoms with E-state index in [0.717, 1.165) is 44.3 Å². The molecule has 2 aliphatic rings. The molecule has 0 N–H and O–H groups in total. The van der Waals surface area contributed by atoms with Crippen LogP contribution in [0, 0.1) is 17.8 Å². The van der Waals surface area contributed by atoms with Gasteiger partial charge in [0, 0.05) is 20.8 Å². The van der Waals surface area contributed by atoms with Gasteiger partial charge in [0.15, 0.2) is 0 Å². The van der Waals surface area contributed by atoms with Gasteiger partial charge in [-0.05, 0) is 62.5 Å². The van der Waals surface area contributed by atoms with Crippen molar-refractivity contribution < 1.29 is 18.8 Å². The summed E-state index contributed by atoms with van der Waals surface area (Å²) >= 11 is 0. The van der Waals surface area contributed by atoms with Gasteiger partial charge in [-0.2, -0.15) is 0 Å². The molecule has 0 aromatic heterocycles. The van der Waals surface area contributed by atoms with Crippen LogP contribution >= 0.6 is 17.4 Å². The Balaban J connectivity index is 1.58. The van der Waals surface area contributed by atoms with Crippen molar-refractivity contribution in [1.29, 1.82) is 0 Å². The normalized spacial score (nSPS) is 29.9. The Morgan fingerprint density at radius 1 is 1.28 bits per heavy atom. The van der Waals surface area contributed by atoms with Gasteiger partial charge in [-0.25, -0.2) is 0 Å². The summed E-state index contributed by atoms with van der Waals surface area (Å²) in [6, 6.07) is 9.91. The summed E-state index contributed by atoms with van der Waals surface area (Å²) in [6.07, 6.45) is 11.1. The van der Waals surface area contributed by atoms with Crippen LogP contribution in [0.4, 0.5) is 0 Å². The largest absolute Gasteiger partial charge is 0.491 e. The monoisotopic (exact) mass is 436 g/mol. The number of carbonyl (C=O) groups excluding carboxylic acids is 1. The van der Waals surface area contributed by atoms with Crippen LogP contribution in [0.15, 0.2) is 42.5 Å². The zero-order chi connectivity index (χ0) is 20.5. The van der Waals surface area contributed by atoms with Crippen molar-refractivity contribution in [3.63, 3.8) is 0 Å². The molecule has 1 fully saturated rings. The minimum absolute atomic E-state index is 0.0233. The summed E-state index contributed by atoms with van der Waals surface area (Å²) in [5, 5.41) is 0. The van der Waals surface area contributed by atoms with Crippen molar-refractivity contribution in [1.82, 2.24) is 0 Å². The molecule has 0 amide bonds. The minimum atomic E-state index is -0.0233. The lowest BCUT2D eigenvalue weighted by Crippen LogP contribution is -2.27. The molecule has 1 saturated carbocycles. The number of hydrogen-bond acceptors (Lipinski definition) is 4. The van der Waals surface area contributed by atoms with E-state index in [0.29, 0.717) is 39.3 Å². The van der Waals surface area contributed by atoms with Gasteiger partial charge in [0.1, 0.15) is 18.5 Å². The molecule has 0 bridgehead atoms. The number of allylic oxidation sites excluding steroid dienone is 2. The lowest BCUT2D eigenvalue weighted by Gasteiger charge is -2.27. The third kappa shape index (κ3) is 7.06. The second kappa shape index (κ2) is 12.0. The van der Waals surface area contributed by atoms with E-state index in [1.807, 2.05) is 30.3 Å². The van der Waals surface area contributed by atoms with Gasteiger partial charge in [0.25, 0.3) is 0 Å². The standard InChI is InChI=1S/C23H34O4P2/c1-17-15-22-21(11-7-2-3-8-12-23(24)26-22)20(17)14-13-19(27-29-28)16-25-18-9-5-4-6-10-18/h2,4-7,9-10,17,19-22,29H,3,8,11-16,28H2,1H3/b7-2-/t17-,19-,20+,21-,22+/m1/s1. The molecule has 160 valence electrons. The smallest absolute Gasteiger partial charge is 0.306 e. The molecule has 6 heteroatoms. The van der Waals surface area contributed by atoms with Crippen LogP contribution in [-0.2, 0) is 14.1 Å². The Morgan fingerprint density at radius 2 is 2.10 bits per heavy atom. The maximum absolute atomic E-state index is 12.1. The second-order valence-electron chi connectivity index (χ2n) is 8.23. The molecule has 1 aliphatic heterocycles. The summed E-state index contributed by atoms with van der Waals surface area (Å²) in [6.45, 7) is 2.87. The van der Waals surface area contributed by atoms with Crippen molar-refractivity contribution in [3.8, 4) is 5.75 Å². The topological polar surface area (TPSA) is 44.8 Å². The Hall–Kier alpha value is -0.950. The molecular weight excluding hydrogens is 402 g/mol. The van der Waals surface area contributed by atoms with Gasteiger partial charge in [0.05, 0.1) is 6.10 Å². The SMILES string of the molecule is C[C@@H]1C[C@@H]2OC(=O)CCC/C=C\C[C@@H]2[C@H]1CC[C@H](COc1ccccc1)OPP. The quantitative estimate of drug-likeness (QED) is 0.288. The first-order valence-electron chi connectivity index (χ1n) is 10.8. The number of rotatable bonds is 8. The van der Waals surface area contributed by atoms with E-state index in [9.17, 15) is 4.79 Å². The third-order valence-corrected chi connectivity index (χ3v) is 7.09. The average molecular weight is 436 g/mol. The Morgan fingerprint density at radius 3 is 2.90 bits per heavy atom. The van der Waals surface area contributed by atoms with E-state index in [1.54, 1.807) is 0 Å². The summed E-state index contributed by atoms with van der Waals surface area (Å²) < 4.78 is 17.8. The summed E-state index contributed by atoms with van der Waals surface area (Å²) in [5.74, 6) is 2.38. The van der Waals surface area contributed by atoms with Crippen LogP contribution < -0.4 is 4.74 Å². The lowest BCUT2D eigenvalue weighted by molar-refractivity contribution is -0.151. The molecule has 3 rings (SSSR count). The van der Waals surface area contributed by atoms with Gasteiger partial charge in [-0.3, -0.25) is 4.79 Å². The van der Waals surface area contributed by atoms with Crippen molar-refractivity contribution in [2.75, 3.05) is 6.61 Å². The number of benzene rings is 1. The molecule has 2 unspecified atom stereocenters. The van der Waals surface area contributed by atoms with E-state index >= 15 is 0 Å². The fraction of sp³-hybridized carbons (Fsp3) is 0.609. The first-order valence-corrected chi connectivity index (χ1v) is 13.5. The fourth-order valence-corrected chi connectivity index (χ4v) is 5.65. The molecule has 1 heterocycles. The van der Waals surface area contributed by atoms with Gasteiger partial charge in [-0.1, -0.05) is 46.2 Å². The van der Waals surface area contributed by atoms with E-state index in [1.165, 1.54) is 0 Å². The third-order valence-electron chi connectivity index (χ3n) is 6.21. The van der Waals surface area contributed by atoms with E-state index in [2.05, 4.69) is 28.0 Å². The number of fused-ring (bicyclic) bond motifs is 1. The number of hydrogen-bond donors (Lipinski definition) is 0. The summed E-state index contributed by atoms with van der Waals surface area (Å²) in [5.41, 5.74) is 0. The molecular formula is C23H34O4P2. The Bertz CT molecular complexity index is 652. The molecule has 1 aromatic rings. The average Bonchev–Trinajstić information content (AvgIpc) is 3.01. The second-order valence-corrected chi connectivity index (χ2v) is 9.41. The first kappa shape index (κ1) is 22.7. The molecule has 29 heavy (non-hydrogen) atoms. The zero-order valence-corrected chi connectivity index (χ0v) is 19.5. The van der Waals surface area contributed by atoms with Crippen LogP contribution in [0.5, 0.6) is 5.75 Å². The van der Waals surface area contributed by atoms with E-state index in [4.69, 9.17) is 14.0 Å². The first-order chi connectivity index (χ1) is 14.2. The van der Waals surface area contributed by atoms with Gasteiger partial charge >= 0.3 is 5.97 Å². The highest BCUT2D eigenvalue weighted by Crippen LogP contribution is 2.44. The highest BCUT2D eigenvalue weighted by atomic mass is 32.0. The highest BCUT2D eigenvalue weighted by molar-refractivity contribution is 8.00. The molecule has 4 nitrogen and oxygen atoms in total. The molecule has 7 atom stereocenters. The van der Waals surface area contributed by atoms with Gasteiger partial charge < -0.3 is 14.0 Å². The van der Waals surface area contributed by atoms with Crippen LogP contribution in [0.1, 0.15) is 51.9 Å². The summed E-state index contributed by atoms with van der Waals surface area (Å²) in [4.78, 5) is 12.1. The maximum atomic E-state index is 12.1.